The third-order valence-corrected chi connectivity index (χ3v) is 3.40. The number of carbonyl (C=O) groups excluding carboxylic acids is 1. The summed E-state index contributed by atoms with van der Waals surface area (Å²) in [7, 11) is 1.68. The Morgan fingerprint density at radius 3 is 2.62 bits per heavy atom. The average molecular weight is 227 g/mol. The molecule has 1 heterocycles. The Kier molecular flexibility index (Phi) is 5.22. The number of carbonyl (C=O) groups is 1. The molecular formula is C12H25N3O. The molecule has 0 aromatic rings. The van der Waals surface area contributed by atoms with Gasteiger partial charge in [0.25, 0.3) is 0 Å². The van der Waals surface area contributed by atoms with E-state index in [2.05, 4.69) is 29.4 Å². The molecule has 2 atom stereocenters. The van der Waals surface area contributed by atoms with Crippen LogP contribution < -0.4 is 10.6 Å². The van der Waals surface area contributed by atoms with Gasteiger partial charge in [-0.05, 0) is 46.2 Å². The SMILES string of the molecule is CNC(=O)C(C)NCC1CCN(C(C)C)C1. The van der Waals surface area contributed by atoms with Crippen LogP contribution in [0, 0.1) is 5.92 Å². The van der Waals surface area contributed by atoms with Crippen molar-refractivity contribution in [3.63, 3.8) is 0 Å². The Labute approximate surface area is 98.8 Å². The van der Waals surface area contributed by atoms with Crippen molar-refractivity contribution in [3.05, 3.63) is 0 Å². The minimum Gasteiger partial charge on any atom is -0.358 e. The van der Waals surface area contributed by atoms with Crippen molar-refractivity contribution in [2.45, 2.75) is 39.3 Å². The number of likely N-dealkylation sites (tertiary alicyclic amines) is 1. The number of nitrogens with zero attached hydrogens (tertiary/aromatic N) is 1. The monoisotopic (exact) mass is 227 g/mol. The van der Waals surface area contributed by atoms with Gasteiger partial charge in [-0.15, -0.1) is 0 Å². The van der Waals surface area contributed by atoms with Crippen LogP contribution in [0.5, 0.6) is 0 Å². The summed E-state index contributed by atoms with van der Waals surface area (Å²) < 4.78 is 0. The van der Waals surface area contributed by atoms with Gasteiger partial charge in [0.1, 0.15) is 0 Å². The van der Waals surface area contributed by atoms with E-state index in [1.54, 1.807) is 7.05 Å². The standard InChI is InChI=1S/C12H25N3O/c1-9(2)15-6-5-11(8-15)7-14-10(3)12(16)13-4/h9-11,14H,5-8H2,1-4H3,(H,13,16). The average Bonchev–Trinajstić information content (AvgIpc) is 2.73. The first-order valence-corrected chi connectivity index (χ1v) is 6.23. The molecule has 1 rings (SSSR count). The predicted molar refractivity (Wildman–Crippen MR) is 66.3 cm³/mol. The molecular weight excluding hydrogens is 202 g/mol. The zero-order valence-corrected chi connectivity index (χ0v) is 10.9. The fraction of sp³-hybridized carbons (Fsp3) is 0.917. The minimum absolute atomic E-state index is 0.0683. The molecule has 1 aliphatic rings. The van der Waals surface area contributed by atoms with Gasteiger partial charge in [0.2, 0.25) is 5.91 Å². The number of likely N-dealkylation sites (N-methyl/N-ethyl adjacent to an activating group) is 1. The lowest BCUT2D eigenvalue weighted by Gasteiger charge is -2.21. The van der Waals surface area contributed by atoms with E-state index in [9.17, 15) is 4.79 Å². The van der Waals surface area contributed by atoms with E-state index in [0.717, 1.165) is 13.1 Å². The lowest BCUT2D eigenvalue weighted by atomic mass is 10.1. The van der Waals surface area contributed by atoms with Gasteiger partial charge in [0.15, 0.2) is 0 Å². The molecule has 0 spiro atoms. The van der Waals surface area contributed by atoms with Crippen molar-refractivity contribution in [2.24, 2.45) is 5.92 Å². The van der Waals surface area contributed by atoms with Crippen LogP contribution in [0.1, 0.15) is 27.2 Å². The summed E-state index contributed by atoms with van der Waals surface area (Å²) in [6.07, 6.45) is 1.24. The molecule has 0 bridgehead atoms. The molecule has 4 nitrogen and oxygen atoms in total. The fourth-order valence-electron chi connectivity index (χ4n) is 2.15. The fourth-order valence-corrected chi connectivity index (χ4v) is 2.15. The maximum atomic E-state index is 11.3. The van der Waals surface area contributed by atoms with E-state index in [-0.39, 0.29) is 11.9 Å². The number of amides is 1. The molecule has 0 radical (unpaired) electrons. The maximum Gasteiger partial charge on any atom is 0.236 e. The molecule has 0 saturated carbocycles. The number of rotatable bonds is 5. The Balaban J connectivity index is 2.22. The maximum absolute atomic E-state index is 11.3. The third-order valence-electron chi connectivity index (χ3n) is 3.40. The number of hydrogen-bond acceptors (Lipinski definition) is 3. The second-order valence-electron chi connectivity index (χ2n) is 4.99. The van der Waals surface area contributed by atoms with Crippen molar-refractivity contribution in [1.29, 1.82) is 0 Å². The van der Waals surface area contributed by atoms with Crippen LogP contribution in [0.2, 0.25) is 0 Å². The Morgan fingerprint density at radius 2 is 2.12 bits per heavy atom. The lowest BCUT2D eigenvalue weighted by Crippen LogP contribution is -2.43. The summed E-state index contributed by atoms with van der Waals surface area (Å²) in [5, 5.41) is 5.95. The Hall–Kier alpha value is -0.610. The smallest absolute Gasteiger partial charge is 0.236 e. The molecule has 1 amide bonds. The summed E-state index contributed by atoms with van der Waals surface area (Å²) in [6, 6.07) is 0.555. The molecule has 4 heteroatoms. The Morgan fingerprint density at radius 1 is 1.44 bits per heavy atom. The largest absolute Gasteiger partial charge is 0.358 e. The predicted octanol–water partition coefficient (Wildman–Crippen LogP) is 0.441. The van der Waals surface area contributed by atoms with Gasteiger partial charge < -0.3 is 15.5 Å². The molecule has 0 aromatic carbocycles. The molecule has 16 heavy (non-hydrogen) atoms. The van der Waals surface area contributed by atoms with Gasteiger partial charge in [-0.1, -0.05) is 0 Å². The summed E-state index contributed by atoms with van der Waals surface area (Å²) in [5.74, 6) is 0.758. The summed E-state index contributed by atoms with van der Waals surface area (Å²) >= 11 is 0. The summed E-state index contributed by atoms with van der Waals surface area (Å²) in [5.41, 5.74) is 0. The van der Waals surface area contributed by atoms with Gasteiger partial charge in [-0.2, -0.15) is 0 Å². The highest BCUT2D eigenvalue weighted by atomic mass is 16.2. The van der Waals surface area contributed by atoms with Crippen molar-refractivity contribution in [2.75, 3.05) is 26.7 Å². The van der Waals surface area contributed by atoms with E-state index < -0.39 is 0 Å². The highest BCUT2D eigenvalue weighted by molar-refractivity contribution is 5.80. The van der Waals surface area contributed by atoms with Crippen LogP contribution in [0.4, 0.5) is 0 Å². The highest BCUT2D eigenvalue weighted by Gasteiger charge is 2.24. The molecule has 1 fully saturated rings. The third kappa shape index (κ3) is 3.76. The van der Waals surface area contributed by atoms with E-state index in [0.29, 0.717) is 12.0 Å². The van der Waals surface area contributed by atoms with E-state index in [1.165, 1.54) is 13.0 Å². The first kappa shape index (κ1) is 13.5. The van der Waals surface area contributed by atoms with Gasteiger partial charge in [-0.3, -0.25) is 4.79 Å². The second kappa shape index (κ2) is 6.21. The van der Waals surface area contributed by atoms with Crippen molar-refractivity contribution >= 4 is 5.91 Å². The first-order chi connectivity index (χ1) is 7.54. The first-order valence-electron chi connectivity index (χ1n) is 6.23. The van der Waals surface area contributed by atoms with E-state index in [1.807, 2.05) is 6.92 Å². The summed E-state index contributed by atoms with van der Waals surface area (Å²) in [6.45, 7) is 9.68. The normalized spacial score (nSPS) is 23.7. The quantitative estimate of drug-likeness (QED) is 0.716. The molecule has 1 saturated heterocycles. The molecule has 94 valence electrons. The van der Waals surface area contributed by atoms with Gasteiger partial charge in [0.05, 0.1) is 6.04 Å². The van der Waals surface area contributed by atoms with E-state index in [4.69, 9.17) is 0 Å². The molecule has 2 unspecified atom stereocenters. The molecule has 1 aliphatic heterocycles. The van der Waals surface area contributed by atoms with Crippen LogP contribution in [0.15, 0.2) is 0 Å². The van der Waals surface area contributed by atoms with Crippen molar-refractivity contribution in [3.8, 4) is 0 Å². The minimum atomic E-state index is -0.0851. The second-order valence-corrected chi connectivity index (χ2v) is 4.99. The highest BCUT2D eigenvalue weighted by Crippen LogP contribution is 2.17. The zero-order valence-electron chi connectivity index (χ0n) is 10.9. The lowest BCUT2D eigenvalue weighted by molar-refractivity contribution is -0.122. The van der Waals surface area contributed by atoms with Gasteiger partial charge >= 0.3 is 0 Å². The summed E-state index contributed by atoms with van der Waals surface area (Å²) in [4.78, 5) is 13.8. The van der Waals surface area contributed by atoms with Crippen molar-refractivity contribution in [1.82, 2.24) is 15.5 Å². The van der Waals surface area contributed by atoms with Crippen LogP contribution >= 0.6 is 0 Å². The molecule has 0 aliphatic carbocycles. The molecule has 0 aromatic heterocycles. The number of hydrogen-bond donors (Lipinski definition) is 2. The van der Waals surface area contributed by atoms with Crippen LogP contribution in [-0.2, 0) is 4.79 Å². The molecule has 2 N–H and O–H groups in total. The number of nitrogens with one attached hydrogen (secondary N) is 2. The zero-order chi connectivity index (χ0) is 12.1. The van der Waals surface area contributed by atoms with Crippen molar-refractivity contribution < 1.29 is 4.79 Å². The van der Waals surface area contributed by atoms with Gasteiger partial charge in [-0.25, -0.2) is 0 Å². The van der Waals surface area contributed by atoms with Gasteiger partial charge in [0, 0.05) is 19.6 Å². The van der Waals surface area contributed by atoms with Crippen LogP contribution in [0.3, 0.4) is 0 Å². The topological polar surface area (TPSA) is 44.4 Å². The Bertz CT molecular complexity index is 230. The van der Waals surface area contributed by atoms with Crippen LogP contribution in [-0.4, -0.2) is 49.6 Å². The van der Waals surface area contributed by atoms with E-state index >= 15 is 0 Å². The van der Waals surface area contributed by atoms with Crippen LogP contribution in [0.25, 0.3) is 0 Å².